The molecule has 0 bridgehead atoms. The third kappa shape index (κ3) is 4.16. The van der Waals surface area contributed by atoms with Crippen molar-refractivity contribution in [2.24, 2.45) is 0 Å². The van der Waals surface area contributed by atoms with E-state index in [2.05, 4.69) is 20.8 Å². The first kappa shape index (κ1) is 15.8. The van der Waals surface area contributed by atoms with Crippen molar-refractivity contribution in [3.05, 3.63) is 34.9 Å². The van der Waals surface area contributed by atoms with E-state index in [-0.39, 0.29) is 12.0 Å². The number of thioether (sulfide) groups is 1. The molecule has 0 saturated heterocycles. The monoisotopic (exact) mass is 288 g/mol. The van der Waals surface area contributed by atoms with Crippen LogP contribution in [0.1, 0.15) is 26.3 Å². The highest BCUT2D eigenvalue weighted by atomic mass is 35.5. The van der Waals surface area contributed by atoms with Crippen LogP contribution in [0.15, 0.2) is 24.3 Å². The van der Waals surface area contributed by atoms with Crippen LogP contribution in [-0.2, 0) is 5.41 Å². The van der Waals surface area contributed by atoms with Crippen LogP contribution in [0, 0.1) is 0 Å². The molecule has 1 aromatic rings. The molecule has 1 rings (SSSR count). The molecule has 102 valence electrons. The van der Waals surface area contributed by atoms with E-state index in [1.807, 2.05) is 24.3 Å². The van der Waals surface area contributed by atoms with Crippen LogP contribution in [0.25, 0.3) is 0 Å². The van der Waals surface area contributed by atoms with Crippen molar-refractivity contribution in [2.75, 3.05) is 12.4 Å². The van der Waals surface area contributed by atoms with Gasteiger partial charge in [0, 0.05) is 21.4 Å². The highest BCUT2D eigenvalue weighted by molar-refractivity contribution is 8.00. The second-order valence-corrected chi connectivity index (χ2v) is 6.85. The summed E-state index contributed by atoms with van der Waals surface area (Å²) in [5.41, 5.74) is 1.22. The topological polar surface area (TPSA) is 40.5 Å². The molecule has 18 heavy (non-hydrogen) atoms. The molecular weight excluding hydrogens is 268 g/mol. The molecule has 1 aromatic carbocycles. The third-order valence-electron chi connectivity index (χ3n) is 3.35. The molecule has 2 N–H and O–H groups in total. The van der Waals surface area contributed by atoms with E-state index in [4.69, 9.17) is 16.7 Å². The standard InChI is InChI=1S/C14H21ClO2S/c1-10(18-9-13(17)8-16)14(2,3)11-4-6-12(15)7-5-11/h4-7,10,13,16-17H,8-9H2,1-3H3. The Kier molecular flexibility index (Phi) is 5.99. The van der Waals surface area contributed by atoms with Gasteiger partial charge in [0.2, 0.25) is 0 Å². The average molecular weight is 289 g/mol. The van der Waals surface area contributed by atoms with Crippen molar-refractivity contribution in [3.8, 4) is 0 Å². The zero-order valence-corrected chi connectivity index (χ0v) is 12.6. The molecule has 0 radical (unpaired) electrons. The highest BCUT2D eigenvalue weighted by Crippen LogP contribution is 2.35. The SMILES string of the molecule is CC(SCC(O)CO)C(C)(C)c1ccc(Cl)cc1. The maximum absolute atomic E-state index is 9.39. The van der Waals surface area contributed by atoms with Gasteiger partial charge in [-0.25, -0.2) is 0 Å². The fourth-order valence-corrected chi connectivity index (χ4v) is 2.93. The highest BCUT2D eigenvalue weighted by Gasteiger charge is 2.28. The number of halogens is 1. The molecule has 0 fully saturated rings. The fraction of sp³-hybridized carbons (Fsp3) is 0.571. The van der Waals surface area contributed by atoms with Crippen LogP contribution in [0.5, 0.6) is 0 Å². The van der Waals surface area contributed by atoms with Gasteiger partial charge in [-0.3, -0.25) is 0 Å². The van der Waals surface area contributed by atoms with Crippen molar-refractivity contribution >= 4 is 23.4 Å². The second-order valence-electron chi connectivity index (χ2n) is 5.04. The minimum absolute atomic E-state index is 0.00949. The molecule has 0 aliphatic carbocycles. The van der Waals surface area contributed by atoms with Gasteiger partial charge in [-0.1, -0.05) is 44.5 Å². The Morgan fingerprint density at radius 1 is 1.28 bits per heavy atom. The molecule has 0 aromatic heterocycles. The summed E-state index contributed by atoms with van der Waals surface area (Å²) < 4.78 is 0. The molecule has 0 heterocycles. The van der Waals surface area contributed by atoms with Gasteiger partial charge in [-0.05, 0) is 17.7 Å². The Balaban J connectivity index is 2.69. The third-order valence-corrected chi connectivity index (χ3v) is 5.27. The number of hydrogen-bond donors (Lipinski definition) is 2. The first-order chi connectivity index (χ1) is 8.37. The second kappa shape index (κ2) is 6.80. The minimum atomic E-state index is -0.640. The largest absolute Gasteiger partial charge is 0.394 e. The molecule has 0 spiro atoms. The smallest absolute Gasteiger partial charge is 0.0861 e. The van der Waals surface area contributed by atoms with Gasteiger partial charge in [0.1, 0.15) is 0 Å². The van der Waals surface area contributed by atoms with Crippen LogP contribution >= 0.6 is 23.4 Å². The maximum atomic E-state index is 9.39. The van der Waals surface area contributed by atoms with E-state index in [0.29, 0.717) is 11.0 Å². The van der Waals surface area contributed by atoms with Crippen LogP contribution < -0.4 is 0 Å². The van der Waals surface area contributed by atoms with E-state index in [9.17, 15) is 5.11 Å². The first-order valence-corrected chi connectivity index (χ1v) is 7.47. The summed E-state index contributed by atoms with van der Waals surface area (Å²) >= 11 is 7.57. The number of rotatable bonds is 6. The summed E-state index contributed by atoms with van der Waals surface area (Å²) in [4.78, 5) is 0. The van der Waals surface area contributed by atoms with Crippen LogP contribution in [-0.4, -0.2) is 33.9 Å². The zero-order chi connectivity index (χ0) is 13.8. The predicted molar refractivity (Wildman–Crippen MR) is 79.5 cm³/mol. The summed E-state index contributed by atoms with van der Waals surface area (Å²) in [5.74, 6) is 0.550. The Morgan fingerprint density at radius 3 is 2.33 bits per heavy atom. The molecule has 0 aliphatic rings. The van der Waals surface area contributed by atoms with Gasteiger partial charge >= 0.3 is 0 Å². The van der Waals surface area contributed by atoms with E-state index >= 15 is 0 Å². The van der Waals surface area contributed by atoms with Gasteiger partial charge in [0.15, 0.2) is 0 Å². The molecular formula is C14H21ClO2S. The van der Waals surface area contributed by atoms with E-state index in [1.165, 1.54) is 5.56 Å². The minimum Gasteiger partial charge on any atom is -0.394 e. The van der Waals surface area contributed by atoms with E-state index < -0.39 is 6.10 Å². The summed E-state index contributed by atoms with van der Waals surface area (Å²) in [6.45, 7) is 6.32. The van der Waals surface area contributed by atoms with Crippen LogP contribution in [0.2, 0.25) is 5.02 Å². The molecule has 0 aliphatic heterocycles. The van der Waals surface area contributed by atoms with E-state index in [0.717, 1.165) is 5.02 Å². The number of aliphatic hydroxyl groups is 2. The Hall–Kier alpha value is -0.220. The lowest BCUT2D eigenvalue weighted by molar-refractivity contribution is 0.113. The lowest BCUT2D eigenvalue weighted by atomic mass is 9.82. The average Bonchev–Trinajstić information content (AvgIpc) is 2.35. The van der Waals surface area contributed by atoms with Gasteiger partial charge in [-0.2, -0.15) is 11.8 Å². The fourth-order valence-electron chi connectivity index (χ4n) is 1.63. The van der Waals surface area contributed by atoms with Gasteiger partial charge in [0.25, 0.3) is 0 Å². The molecule has 0 amide bonds. The molecule has 4 heteroatoms. The van der Waals surface area contributed by atoms with Crippen molar-refractivity contribution in [1.29, 1.82) is 0 Å². The predicted octanol–water partition coefficient (Wildman–Crippen LogP) is 3.09. The van der Waals surface area contributed by atoms with Gasteiger partial charge in [-0.15, -0.1) is 0 Å². The molecule has 2 nitrogen and oxygen atoms in total. The Morgan fingerprint density at radius 2 is 1.83 bits per heavy atom. The number of hydrogen-bond acceptors (Lipinski definition) is 3. The summed E-state index contributed by atoms with van der Waals surface area (Å²) in [6, 6.07) is 7.89. The van der Waals surface area contributed by atoms with Crippen molar-refractivity contribution < 1.29 is 10.2 Å². The normalized spacial score (nSPS) is 15.4. The lowest BCUT2D eigenvalue weighted by Crippen LogP contribution is -2.30. The number of benzene rings is 1. The van der Waals surface area contributed by atoms with E-state index in [1.54, 1.807) is 11.8 Å². The molecule has 0 saturated carbocycles. The van der Waals surface area contributed by atoms with Gasteiger partial charge < -0.3 is 10.2 Å². The maximum Gasteiger partial charge on any atom is 0.0861 e. The molecule has 2 atom stereocenters. The quantitative estimate of drug-likeness (QED) is 0.845. The van der Waals surface area contributed by atoms with Crippen LogP contribution in [0.3, 0.4) is 0 Å². The Bertz CT molecular complexity index is 365. The summed E-state index contributed by atoms with van der Waals surface area (Å²) in [6.07, 6.45) is -0.640. The van der Waals surface area contributed by atoms with Crippen molar-refractivity contribution in [1.82, 2.24) is 0 Å². The number of aliphatic hydroxyl groups excluding tert-OH is 2. The first-order valence-electron chi connectivity index (χ1n) is 6.04. The van der Waals surface area contributed by atoms with Gasteiger partial charge in [0.05, 0.1) is 12.7 Å². The Labute approximate surface area is 118 Å². The van der Waals surface area contributed by atoms with Crippen LogP contribution in [0.4, 0.5) is 0 Å². The molecule has 2 unspecified atom stereocenters. The van der Waals surface area contributed by atoms with Crippen molar-refractivity contribution in [2.45, 2.75) is 37.5 Å². The van der Waals surface area contributed by atoms with Crippen molar-refractivity contribution in [3.63, 3.8) is 0 Å². The zero-order valence-electron chi connectivity index (χ0n) is 11.1. The summed E-state index contributed by atoms with van der Waals surface area (Å²) in [5, 5.41) is 19.3. The lowest BCUT2D eigenvalue weighted by Gasteiger charge is -2.32. The summed E-state index contributed by atoms with van der Waals surface area (Å²) in [7, 11) is 0.